The Morgan fingerprint density at radius 3 is 2.14 bits per heavy atom. The first-order valence-electron chi connectivity index (χ1n) is 8.03. The van der Waals surface area contributed by atoms with Gasteiger partial charge in [-0.3, -0.25) is 9.59 Å². The maximum Gasteiger partial charge on any atom is 0.139 e. The minimum atomic E-state index is 0.0932. The number of ketones is 2. The van der Waals surface area contributed by atoms with Gasteiger partial charge in [-0.05, 0) is 30.4 Å². The molecule has 0 saturated carbocycles. The van der Waals surface area contributed by atoms with Crippen LogP contribution in [-0.2, 0) is 22.4 Å². The molecule has 0 atom stereocenters. The van der Waals surface area contributed by atoms with Crippen LogP contribution in [0.1, 0.15) is 58.1 Å². The predicted molar refractivity (Wildman–Crippen MR) is 87.4 cm³/mol. The third-order valence-corrected chi connectivity index (χ3v) is 3.80. The van der Waals surface area contributed by atoms with Crippen molar-refractivity contribution in [2.24, 2.45) is 11.8 Å². The third-order valence-electron chi connectivity index (χ3n) is 3.80. The molecule has 21 heavy (non-hydrogen) atoms. The molecule has 0 aromatic heterocycles. The van der Waals surface area contributed by atoms with Gasteiger partial charge in [-0.25, -0.2) is 0 Å². The summed E-state index contributed by atoms with van der Waals surface area (Å²) in [6.45, 7) is 7.80. The summed E-state index contributed by atoms with van der Waals surface area (Å²) in [5.41, 5.74) is 2.37. The second kappa shape index (κ2) is 8.76. The fourth-order valence-electron chi connectivity index (χ4n) is 2.22. The van der Waals surface area contributed by atoms with Crippen LogP contribution in [0.5, 0.6) is 0 Å². The lowest BCUT2D eigenvalue weighted by Gasteiger charge is -2.07. The molecule has 0 bridgehead atoms. The Kier molecular flexibility index (Phi) is 7.35. The van der Waals surface area contributed by atoms with Gasteiger partial charge in [0.15, 0.2) is 0 Å². The minimum absolute atomic E-state index is 0.0932. The number of hydrogen-bond acceptors (Lipinski definition) is 2. The highest BCUT2D eigenvalue weighted by Gasteiger charge is 2.09. The number of benzene rings is 1. The summed E-state index contributed by atoms with van der Waals surface area (Å²) in [6.07, 6.45) is 4.17. The van der Waals surface area contributed by atoms with Gasteiger partial charge in [0.25, 0.3) is 0 Å². The molecule has 0 aliphatic carbocycles. The average Bonchev–Trinajstić information content (AvgIpc) is 2.43. The van der Waals surface area contributed by atoms with Crippen LogP contribution in [-0.4, -0.2) is 11.6 Å². The summed E-state index contributed by atoms with van der Waals surface area (Å²) in [6, 6.07) is 8.28. The van der Waals surface area contributed by atoms with Gasteiger partial charge in [-0.2, -0.15) is 0 Å². The lowest BCUT2D eigenvalue weighted by atomic mass is 9.97. The topological polar surface area (TPSA) is 34.1 Å². The first kappa shape index (κ1) is 17.6. The van der Waals surface area contributed by atoms with Crippen LogP contribution in [0.15, 0.2) is 24.3 Å². The highest BCUT2D eigenvalue weighted by atomic mass is 16.1. The van der Waals surface area contributed by atoms with E-state index in [1.165, 1.54) is 5.56 Å². The monoisotopic (exact) mass is 288 g/mol. The molecule has 1 rings (SSSR count). The molecule has 1 aromatic carbocycles. The number of hydrogen-bond donors (Lipinski definition) is 0. The van der Waals surface area contributed by atoms with E-state index in [9.17, 15) is 9.59 Å². The van der Waals surface area contributed by atoms with E-state index in [1.807, 2.05) is 39.8 Å². The van der Waals surface area contributed by atoms with Gasteiger partial charge in [0.1, 0.15) is 11.6 Å². The molecule has 2 heteroatoms. The van der Waals surface area contributed by atoms with Gasteiger partial charge in [0, 0.05) is 24.7 Å². The molecule has 0 aliphatic rings. The molecule has 0 spiro atoms. The molecule has 0 heterocycles. The average molecular weight is 288 g/mol. The molecule has 0 aliphatic heterocycles. The van der Waals surface area contributed by atoms with Crippen LogP contribution >= 0.6 is 0 Å². The van der Waals surface area contributed by atoms with Crippen molar-refractivity contribution in [3.63, 3.8) is 0 Å². The SMILES string of the molecule is CC(C)C(=O)CCCCc1cccc(CC(=O)C(C)C)c1. The Morgan fingerprint density at radius 1 is 0.905 bits per heavy atom. The summed E-state index contributed by atoms with van der Waals surface area (Å²) in [4.78, 5) is 23.3. The van der Waals surface area contributed by atoms with Gasteiger partial charge in [0.05, 0.1) is 0 Å². The Bertz CT molecular complexity index is 472. The van der Waals surface area contributed by atoms with E-state index in [-0.39, 0.29) is 17.6 Å². The van der Waals surface area contributed by atoms with Crippen molar-refractivity contribution in [1.29, 1.82) is 0 Å². The predicted octanol–water partition coefficient (Wildman–Crippen LogP) is 4.39. The lowest BCUT2D eigenvalue weighted by Crippen LogP contribution is -2.10. The van der Waals surface area contributed by atoms with E-state index in [2.05, 4.69) is 12.1 Å². The third kappa shape index (κ3) is 6.70. The van der Waals surface area contributed by atoms with Crippen molar-refractivity contribution < 1.29 is 9.59 Å². The fraction of sp³-hybridized carbons (Fsp3) is 0.579. The van der Waals surface area contributed by atoms with Gasteiger partial charge in [-0.15, -0.1) is 0 Å². The van der Waals surface area contributed by atoms with E-state index in [1.54, 1.807) is 0 Å². The number of carbonyl (C=O) groups is 2. The van der Waals surface area contributed by atoms with E-state index < -0.39 is 0 Å². The number of carbonyl (C=O) groups excluding carboxylic acids is 2. The molecule has 116 valence electrons. The smallest absolute Gasteiger partial charge is 0.139 e. The zero-order valence-electron chi connectivity index (χ0n) is 13.8. The number of rotatable bonds is 9. The van der Waals surface area contributed by atoms with E-state index in [0.29, 0.717) is 18.6 Å². The van der Waals surface area contributed by atoms with Gasteiger partial charge in [0.2, 0.25) is 0 Å². The number of Topliss-reactive ketones (excluding diaryl/α,β-unsaturated/α-hetero) is 2. The summed E-state index contributed by atoms with van der Waals surface area (Å²) in [5, 5.41) is 0. The summed E-state index contributed by atoms with van der Waals surface area (Å²) >= 11 is 0. The summed E-state index contributed by atoms with van der Waals surface area (Å²) in [5.74, 6) is 0.882. The van der Waals surface area contributed by atoms with E-state index >= 15 is 0 Å². The van der Waals surface area contributed by atoms with Gasteiger partial charge in [-0.1, -0.05) is 52.0 Å². The lowest BCUT2D eigenvalue weighted by molar-refractivity contribution is -0.122. The molecular weight excluding hydrogens is 260 g/mol. The van der Waals surface area contributed by atoms with Crippen molar-refractivity contribution in [2.45, 2.75) is 59.8 Å². The molecule has 1 aromatic rings. The Labute approximate surface area is 128 Å². The maximum absolute atomic E-state index is 11.8. The zero-order valence-corrected chi connectivity index (χ0v) is 13.8. The van der Waals surface area contributed by atoms with Crippen LogP contribution < -0.4 is 0 Å². The van der Waals surface area contributed by atoms with Crippen LogP contribution in [0.4, 0.5) is 0 Å². The second-order valence-electron chi connectivity index (χ2n) is 6.45. The van der Waals surface area contributed by atoms with Crippen molar-refractivity contribution in [3.8, 4) is 0 Å². The summed E-state index contributed by atoms with van der Waals surface area (Å²) in [7, 11) is 0. The second-order valence-corrected chi connectivity index (χ2v) is 6.45. The fourth-order valence-corrected chi connectivity index (χ4v) is 2.22. The number of unbranched alkanes of at least 4 members (excludes halogenated alkanes) is 1. The molecule has 0 radical (unpaired) electrons. The Morgan fingerprint density at radius 2 is 1.52 bits per heavy atom. The standard InChI is InChI=1S/C19H28O2/c1-14(2)18(20)11-6-5-8-16-9-7-10-17(12-16)13-19(21)15(3)4/h7,9-10,12,14-15H,5-6,8,11,13H2,1-4H3. The largest absolute Gasteiger partial charge is 0.299 e. The Hall–Kier alpha value is -1.44. The highest BCUT2D eigenvalue weighted by Crippen LogP contribution is 2.13. The van der Waals surface area contributed by atoms with Crippen molar-refractivity contribution in [1.82, 2.24) is 0 Å². The number of aryl methyl sites for hydroxylation is 1. The van der Waals surface area contributed by atoms with Crippen molar-refractivity contribution >= 4 is 11.6 Å². The molecule has 0 unspecified atom stereocenters. The molecule has 2 nitrogen and oxygen atoms in total. The van der Waals surface area contributed by atoms with Crippen molar-refractivity contribution in [2.75, 3.05) is 0 Å². The summed E-state index contributed by atoms with van der Waals surface area (Å²) < 4.78 is 0. The zero-order chi connectivity index (χ0) is 15.8. The van der Waals surface area contributed by atoms with Crippen LogP contribution in [0, 0.1) is 11.8 Å². The molecule has 0 N–H and O–H groups in total. The Balaban J connectivity index is 2.42. The molecular formula is C19H28O2. The van der Waals surface area contributed by atoms with E-state index in [0.717, 1.165) is 24.8 Å². The van der Waals surface area contributed by atoms with Gasteiger partial charge < -0.3 is 0 Å². The van der Waals surface area contributed by atoms with E-state index in [4.69, 9.17) is 0 Å². The molecule has 0 fully saturated rings. The first-order chi connectivity index (χ1) is 9.90. The quantitative estimate of drug-likeness (QED) is 0.631. The first-order valence-corrected chi connectivity index (χ1v) is 8.03. The van der Waals surface area contributed by atoms with Crippen LogP contribution in [0.3, 0.4) is 0 Å². The maximum atomic E-state index is 11.8. The van der Waals surface area contributed by atoms with Crippen LogP contribution in [0.25, 0.3) is 0 Å². The van der Waals surface area contributed by atoms with Crippen molar-refractivity contribution in [3.05, 3.63) is 35.4 Å². The minimum Gasteiger partial charge on any atom is -0.299 e. The van der Waals surface area contributed by atoms with Gasteiger partial charge >= 0.3 is 0 Å². The molecule has 0 saturated heterocycles. The highest BCUT2D eigenvalue weighted by molar-refractivity contribution is 5.82. The molecule has 0 amide bonds. The normalized spacial score (nSPS) is 11.1. The van der Waals surface area contributed by atoms with Crippen LogP contribution in [0.2, 0.25) is 0 Å².